The SMILES string of the molecule is CC/C=C\C/C=C\C/C=C\C/C=C\C[C@@H](CCCC)C(C(=O)O)[C@H](O)CCO. The molecular formula is C24H40O4. The molecule has 0 amide bonds. The van der Waals surface area contributed by atoms with E-state index in [1.54, 1.807) is 0 Å². The number of carboxylic acids is 1. The van der Waals surface area contributed by atoms with E-state index >= 15 is 0 Å². The summed E-state index contributed by atoms with van der Waals surface area (Å²) >= 11 is 0. The first kappa shape index (κ1) is 26.4. The fraction of sp³-hybridized carbons (Fsp3) is 0.625. The van der Waals surface area contributed by atoms with E-state index in [1.165, 1.54) is 0 Å². The quantitative estimate of drug-likeness (QED) is 0.288. The van der Waals surface area contributed by atoms with Gasteiger partial charge >= 0.3 is 5.97 Å². The van der Waals surface area contributed by atoms with E-state index in [4.69, 9.17) is 5.11 Å². The standard InChI is InChI=1S/C24H40O4/c1-3-5-7-8-9-10-11-12-13-14-15-16-18-21(17-6-4-2)23(24(27)28)22(26)19-20-25/h5,7,9-10,12-13,15-16,21-23,25-26H,3-4,6,8,11,14,17-20H2,1-2H3,(H,27,28)/b7-5-,10-9-,13-12-,16-15-/t21-,22-,23?/m1/s1. The molecule has 0 heterocycles. The molecule has 0 spiro atoms. The second-order valence-electron chi connectivity index (χ2n) is 7.08. The van der Waals surface area contributed by atoms with Gasteiger partial charge in [-0.25, -0.2) is 0 Å². The molecule has 0 saturated heterocycles. The molecule has 0 aromatic heterocycles. The normalized spacial score (nSPS) is 15.9. The molecule has 0 aromatic carbocycles. The molecular weight excluding hydrogens is 352 g/mol. The molecule has 4 heteroatoms. The molecule has 0 aliphatic rings. The van der Waals surface area contributed by atoms with Gasteiger partial charge in [0.1, 0.15) is 0 Å². The third-order valence-electron chi connectivity index (χ3n) is 4.72. The zero-order valence-corrected chi connectivity index (χ0v) is 17.7. The first-order valence-electron chi connectivity index (χ1n) is 10.7. The number of hydrogen-bond donors (Lipinski definition) is 3. The van der Waals surface area contributed by atoms with E-state index in [2.05, 4.69) is 56.4 Å². The molecule has 0 aliphatic carbocycles. The zero-order valence-electron chi connectivity index (χ0n) is 17.7. The highest BCUT2D eigenvalue weighted by molar-refractivity contribution is 5.71. The van der Waals surface area contributed by atoms with Crippen molar-refractivity contribution in [2.75, 3.05) is 6.61 Å². The molecule has 0 fully saturated rings. The largest absolute Gasteiger partial charge is 0.481 e. The fourth-order valence-corrected chi connectivity index (χ4v) is 3.15. The average molecular weight is 393 g/mol. The molecule has 0 aromatic rings. The molecule has 0 bridgehead atoms. The van der Waals surface area contributed by atoms with E-state index in [9.17, 15) is 15.0 Å². The minimum absolute atomic E-state index is 0.105. The number of hydrogen-bond acceptors (Lipinski definition) is 3. The highest BCUT2D eigenvalue weighted by Gasteiger charge is 2.33. The van der Waals surface area contributed by atoms with Crippen LogP contribution >= 0.6 is 0 Å². The number of carboxylic acid groups (broad SMARTS) is 1. The Morgan fingerprint density at radius 1 is 0.857 bits per heavy atom. The van der Waals surface area contributed by atoms with Crippen LogP contribution < -0.4 is 0 Å². The summed E-state index contributed by atoms with van der Waals surface area (Å²) in [5.41, 5.74) is 0. The van der Waals surface area contributed by atoms with Crippen molar-refractivity contribution in [3.8, 4) is 0 Å². The molecule has 28 heavy (non-hydrogen) atoms. The van der Waals surface area contributed by atoms with Gasteiger partial charge < -0.3 is 15.3 Å². The molecule has 1 unspecified atom stereocenters. The van der Waals surface area contributed by atoms with Crippen LogP contribution in [-0.4, -0.2) is 34.0 Å². The maximum Gasteiger partial charge on any atom is 0.309 e. The van der Waals surface area contributed by atoms with Gasteiger partial charge in [-0.3, -0.25) is 4.79 Å². The minimum atomic E-state index is -1.00. The monoisotopic (exact) mass is 392 g/mol. The molecule has 4 nitrogen and oxygen atoms in total. The summed E-state index contributed by atoms with van der Waals surface area (Å²) in [4.78, 5) is 11.7. The number of allylic oxidation sites excluding steroid dienone is 8. The second kappa shape index (κ2) is 18.7. The van der Waals surface area contributed by atoms with Gasteiger partial charge in [0.05, 0.1) is 12.0 Å². The van der Waals surface area contributed by atoms with Gasteiger partial charge in [-0.1, -0.05) is 75.3 Å². The predicted molar refractivity (Wildman–Crippen MR) is 117 cm³/mol. The van der Waals surface area contributed by atoms with Crippen molar-refractivity contribution < 1.29 is 20.1 Å². The van der Waals surface area contributed by atoms with Crippen LogP contribution in [0.3, 0.4) is 0 Å². The molecule has 0 aliphatic heterocycles. The summed E-state index contributed by atoms with van der Waals surface area (Å²) in [5.74, 6) is -1.92. The Morgan fingerprint density at radius 2 is 1.39 bits per heavy atom. The van der Waals surface area contributed by atoms with Crippen LogP contribution in [0.2, 0.25) is 0 Å². The van der Waals surface area contributed by atoms with Crippen molar-refractivity contribution in [2.24, 2.45) is 11.8 Å². The Balaban J connectivity index is 4.47. The van der Waals surface area contributed by atoms with Gasteiger partial charge in [-0.05, 0) is 50.9 Å². The Labute approximate surface area is 171 Å². The van der Waals surface area contributed by atoms with Crippen molar-refractivity contribution in [3.05, 3.63) is 48.6 Å². The van der Waals surface area contributed by atoms with Gasteiger partial charge in [-0.15, -0.1) is 0 Å². The zero-order chi connectivity index (χ0) is 21.0. The van der Waals surface area contributed by atoms with Crippen LogP contribution in [0.25, 0.3) is 0 Å². The predicted octanol–water partition coefficient (Wildman–Crippen LogP) is 5.43. The number of aliphatic hydroxyl groups excluding tert-OH is 2. The van der Waals surface area contributed by atoms with Crippen LogP contribution in [-0.2, 0) is 4.79 Å². The molecule has 3 atom stereocenters. The second-order valence-corrected chi connectivity index (χ2v) is 7.08. The number of rotatable bonds is 17. The molecule has 0 radical (unpaired) electrons. The maximum atomic E-state index is 11.7. The Hall–Kier alpha value is -1.65. The maximum absolute atomic E-state index is 11.7. The Morgan fingerprint density at radius 3 is 1.86 bits per heavy atom. The number of aliphatic hydroxyl groups is 2. The topological polar surface area (TPSA) is 77.8 Å². The van der Waals surface area contributed by atoms with Crippen molar-refractivity contribution >= 4 is 5.97 Å². The first-order chi connectivity index (χ1) is 13.6. The highest BCUT2D eigenvalue weighted by atomic mass is 16.4. The van der Waals surface area contributed by atoms with E-state index in [0.717, 1.165) is 44.9 Å². The van der Waals surface area contributed by atoms with Gasteiger partial charge in [0.2, 0.25) is 0 Å². The summed E-state index contributed by atoms with van der Waals surface area (Å²) in [6.07, 6.45) is 23.2. The van der Waals surface area contributed by atoms with E-state index in [1.807, 2.05) is 6.08 Å². The molecule has 0 rings (SSSR count). The first-order valence-corrected chi connectivity index (χ1v) is 10.7. The summed E-state index contributed by atoms with van der Waals surface area (Å²) in [6, 6.07) is 0. The highest BCUT2D eigenvalue weighted by Crippen LogP contribution is 2.27. The molecule has 3 N–H and O–H groups in total. The van der Waals surface area contributed by atoms with Crippen LogP contribution in [0.15, 0.2) is 48.6 Å². The lowest BCUT2D eigenvalue weighted by Gasteiger charge is -2.27. The summed E-state index contributed by atoms with van der Waals surface area (Å²) in [7, 11) is 0. The van der Waals surface area contributed by atoms with Crippen molar-refractivity contribution in [2.45, 2.75) is 77.7 Å². The summed E-state index contributed by atoms with van der Waals surface area (Å²) < 4.78 is 0. The van der Waals surface area contributed by atoms with E-state index in [0.29, 0.717) is 6.42 Å². The van der Waals surface area contributed by atoms with Gasteiger partial charge in [0.25, 0.3) is 0 Å². The van der Waals surface area contributed by atoms with Crippen LogP contribution in [0, 0.1) is 11.8 Å². The number of carbonyl (C=O) groups is 1. The van der Waals surface area contributed by atoms with Crippen LogP contribution in [0.5, 0.6) is 0 Å². The molecule has 160 valence electrons. The van der Waals surface area contributed by atoms with Crippen molar-refractivity contribution in [1.29, 1.82) is 0 Å². The Bertz CT molecular complexity index is 491. The van der Waals surface area contributed by atoms with Crippen LogP contribution in [0.1, 0.15) is 71.6 Å². The lowest BCUT2D eigenvalue weighted by atomic mass is 9.81. The van der Waals surface area contributed by atoms with Gasteiger partial charge in [-0.2, -0.15) is 0 Å². The van der Waals surface area contributed by atoms with Crippen LogP contribution in [0.4, 0.5) is 0 Å². The average Bonchev–Trinajstić information content (AvgIpc) is 2.66. The van der Waals surface area contributed by atoms with E-state index < -0.39 is 18.0 Å². The van der Waals surface area contributed by atoms with Gasteiger partial charge in [0.15, 0.2) is 0 Å². The lowest BCUT2D eigenvalue weighted by molar-refractivity contribution is -0.149. The van der Waals surface area contributed by atoms with Crippen molar-refractivity contribution in [3.63, 3.8) is 0 Å². The Kier molecular flexibility index (Phi) is 17.6. The third-order valence-corrected chi connectivity index (χ3v) is 4.72. The number of aliphatic carboxylic acids is 1. The van der Waals surface area contributed by atoms with E-state index in [-0.39, 0.29) is 18.9 Å². The van der Waals surface area contributed by atoms with Gasteiger partial charge in [0, 0.05) is 6.61 Å². The lowest BCUT2D eigenvalue weighted by Crippen LogP contribution is -2.35. The third kappa shape index (κ3) is 13.5. The number of unbranched alkanes of at least 4 members (excludes halogenated alkanes) is 1. The smallest absolute Gasteiger partial charge is 0.309 e. The molecule has 0 saturated carbocycles. The minimum Gasteiger partial charge on any atom is -0.481 e. The fourth-order valence-electron chi connectivity index (χ4n) is 3.15. The van der Waals surface area contributed by atoms with Crippen molar-refractivity contribution in [1.82, 2.24) is 0 Å². The summed E-state index contributed by atoms with van der Waals surface area (Å²) in [6.45, 7) is 4.00. The summed E-state index contributed by atoms with van der Waals surface area (Å²) in [5, 5.41) is 28.7.